The zero-order valence-electron chi connectivity index (χ0n) is 8.06. The fourth-order valence-electron chi connectivity index (χ4n) is 0.154. The van der Waals surface area contributed by atoms with Crippen molar-refractivity contribution in [2.24, 2.45) is 0 Å². The van der Waals surface area contributed by atoms with Crippen molar-refractivity contribution in [3.63, 3.8) is 0 Å². The van der Waals surface area contributed by atoms with Gasteiger partial charge in [-0.25, -0.2) is 4.39 Å². The van der Waals surface area contributed by atoms with E-state index in [9.17, 15) is 13.4 Å². The second-order valence-corrected chi connectivity index (χ2v) is 1.78. The molecular weight excluding hydrogens is 185 g/mol. The molecule has 0 atom stereocenters. The van der Waals surface area contributed by atoms with Gasteiger partial charge < -0.3 is 0 Å². The zero-order chi connectivity index (χ0) is 10.9. The van der Waals surface area contributed by atoms with E-state index in [1.54, 1.807) is 0 Å². The zero-order valence-corrected chi connectivity index (χ0v) is 8.06. The fourth-order valence-corrected chi connectivity index (χ4v) is 0.154. The van der Waals surface area contributed by atoms with Gasteiger partial charge in [0.05, 0.1) is 19.5 Å². The van der Waals surface area contributed by atoms with Crippen molar-refractivity contribution >= 4 is 0 Å². The van der Waals surface area contributed by atoms with Gasteiger partial charge in [0.1, 0.15) is 0 Å². The highest BCUT2D eigenvalue weighted by Gasteiger charge is 1.71. The highest BCUT2D eigenvalue weighted by Crippen LogP contribution is 1.76. The SMILES string of the molecule is C=CF.CCCOF.CCCOF. The van der Waals surface area contributed by atoms with E-state index in [0.29, 0.717) is 0 Å². The molecule has 0 aliphatic carbocycles. The van der Waals surface area contributed by atoms with E-state index in [2.05, 4.69) is 16.5 Å². The van der Waals surface area contributed by atoms with E-state index in [4.69, 9.17) is 0 Å². The summed E-state index contributed by atoms with van der Waals surface area (Å²) in [7, 11) is 0. The van der Waals surface area contributed by atoms with Crippen LogP contribution in [0.5, 0.6) is 0 Å². The van der Waals surface area contributed by atoms with E-state index in [-0.39, 0.29) is 19.5 Å². The van der Waals surface area contributed by atoms with Gasteiger partial charge in [-0.2, -0.15) is 9.88 Å². The van der Waals surface area contributed by atoms with E-state index >= 15 is 0 Å². The van der Waals surface area contributed by atoms with Crippen LogP contribution in [0.2, 0.25) is 0 Å². The van der Waals surface area contributed by atoms with Crippen molar-refractivity contribution in [2.45, 2.75) is 26.7 Å². The lowest BCUT2D eigenvalue weighted by atomic mass is 10.5. The monoisotopic (exact) mass is 202 g/mol. The summed E-state index contributed by atoms with van der Waals surface area (Å²) >= 11 is 0. The Balaban J connectivity index is -0.000000120. The summed E-state index contributed by atoms with van der Waals surface area (Å²) in [6.45, 7) is 6.83. The summed E-state index contributed by atoms with van der Waals surface area (Å²) in [5.74, 6) is 0. The van der Waals surface area contributed by atoms with Gasteiger partial charge in [0, 0.05) is 0 Å². The first kappa shape index (κ1) is 18.3. The largest absolute Gasteiger partial charge is 0.216 e. The van der Waals surface area contributed by atoms with Crippen LogP contribution < -0.4 is 0 Å². The molecule has 0 aromatic carbocycles. The standard InChI is InChI=1S/2C3H7FO.C2H3F/c2*1-2-3-5-4;1-2-3/h2*2-3H2,1H3;2H,1H2. The minimum absolute atomic E-state index is 0.222. The molecule has 0 amide bonds. The minimum Gasteiger partial charge on any atom is -0.216 e. The molecule has 0 N–H and O–H groups in total. The molecule has 13 heavy (non-hydrogen) atoms. The van der Waals surface area contributed by atoms with E-state index < -0.39 is 0 Å². The molecule has 82 valence electrons. The normalized spacial score (nSPS) is 7.46. The third kappa shape index (κ3) is 85.9. The van der Waals surface area contributed by atoms with Crippen LogP contribution in [0.25, 0.3) is 0 Å². The van der Waals surface area contributed by atoms with Crippen LogP contribution in [-0.2, 0) is 9.88 Å². The van der Waals surface area contributed by atoms with Gasteiger partial charge in [-0.3, -0.25) is 0 Å². The molecule has 0 saturated heterocycles. The molecule has 0 bridgehead atoms. The predicted octanol–water partition coefficient (Wildman–Crippen LogP) is 3.69. The third-order valence-corrected chi connectivity index (χ3v) is 0.563. The Hall–Kier alpha value is -0.550. The topological polar surface area (TPSA) is 18.5 Å². The van der Waals surface area contributed by atoms with Gasteiger partial charge in [-0.1, -0.05) is 20.4 Å². The molecule has 0 heterocycles. The summed E-state index contributed by atoms with van der Waals surface area (Å²) in [5.41, 5.74) is 0. The summed E-state index contributed by atoms with van der Waals surface area (Å²) in [4.78, 5) is 6.38. The second-order valence-electron chi connectivity index (χ2n) is 1.78. The van der Waals surface area contributed by atoms with Crippen LogP contribution in [0.1, 0.15) is 26.7 Å². The molecule has 0 radical (unpaired) electrons. The lowest BCUT2D eigenvalue weighted by Crippen LogP contribution is -1.75. The molecule has 0 saturated carbocycles. The van der Waals surface area contributed by atoms with Gasteiger partial charge in [0.25, 0.3) is 0 Å². The van der Waals surface area contributed by atoms with Crippen LogP contribution in [0.15, 0.2) is 12.9 Å². The van der Waals surface area contributed by atoms with Crippen molar-refractivity contribution in [2.75, 3.05) is 13.2 Å². The molecule has 0 spiro atoms. The highest BCUT2D eigenvalue weighted by atomic mass is 19.3. The number of hydrogen-bond acceptors (Lipinski definition) is 2. The van der Waals surface area contributed by atoms with Crippen LogP contribution in [0.4, 0.5) is 13.4 Å². The maximum Gasteiger partial charge on any atom is 0.0873 e. The first-order chi connectivity index (χ1) is 6.24. The average molecular weight is 202 g/mol. The molecule has 0 fully saturated rings. The van der Waals surface area contributed by atoms with Crippen molar-refractivity contribution in [1.82, 2.24) is 0 Å². The van der Waals surface area contributed by atoms with Crippen LogP contribution >= 0.6 is 0 Å². The quantitative estimate of drug-likeness (QED) is 0.692. The molecular formula is C8H17F3O2. The Bertz CT molecular complexity index is 62.4. The summed E-state index contributed by atoms with van der Waals surface area (Å²) < 4.78 is 31.0. The molecule has 0 rings (SSSR count). The van der Waals surface area contributed by atoms with E-state index in [1.165, 1.54) is 0 Å². The Labute approximate surface area is 77.1 Å². The average Bonchev–Trinajstić information content (AvgIpc) is 2.09. The van der Waals surface area contributed by atoms with E-state index in [1.807, 2.05) is 13.8 Å². The first-order valence-corrected chi connectivity index (χ1v) is 3.93. The first-order valence-electron chi connectivity index (χ1n) is 3.93. The molecule has 0 aliphatic rings. The predicted molar refractivity (Wildman–Crippen MR) is 46.0 cm³/mol. The molecule has 0 aromatic heterocycles. The summed E-state index contributed by atoms with van der Waals surface area (Å²) in [5, 5.41) is 0. The van der Waals surface area contributed by atoms with Gasteiger partial charge in [-0.15, -0.1) is 0 Å². The third-order valence-electron chi connectivity index (χ3n) is 0.563. The van der Waals surface area contributed by atoms with Crippen molar-refractivity contribution < 1.29 is 23.3 Å². The van der Waals surface area contributed by atoms with Crippen LogP contribution in [0, 0.1) is 0 Å². The fraction of sp³-hybridized carbons (Fsp3) is 0.750. The number of hydrogen-bond donors (Lipinski definition) is 0. The minimum atomic E-state index is 0.222. The molecule has 5 heteroatoms. The summed E-state index contributed by atoms with van der Waals surface area (Å²) in [6.07, 6.45) is 1.74. The van der Waals surface area contributed by atoms with Crippen LogP contribution in [-0.4, -0.2) is 13.2 Å². The maximum atomic E-state index is 10.5. The van der Waals surface area contributed by atoms with Crippen molar-refractivity contribution in [1.29, 1.82) is 0 Å². The van der Waals surface area contributed by atoms with Crippen molar-refractivity contribution in [3.05, 3.63) is 12.9 Å². The van der Waals surface area contributed by atoms with Gasteiger partial charge in [0.15, 0.2) is 0 Å². The Morgan fingerprint density at radius 3 is 1.31 bits per heavy atom. The maximum absolute atomic E-state index is 10.5. The van der Waals surface area contributed by atoms with Gasteiger partial charge >= 0.3 is 0 Å². The lowest BCUT2D eigenvalue weighted by molar-refractivity contribution is -0.131. The molecule has 0 unspecified atom stereocenters. The number of rotatable bonds is 4. The highest BCUT2D eigenvalue weighted by molar-refractivity contribution is 4.39. The second kappa shape index (κ2) is 30.1. The lowest BCUT2D eigenvalue weighted by Gasteiger charge is -1.77. The Morgan fingerprint density at radius 2 is 1.31 bits per heavy atom. The van der Waals surface area contributed by atoms with Gasteiger partial charge in [-0.05, 0) is 21.9 Å². The number of halogens is 3. The molecule has 0 aromatic rings. The Kier molecular flexibility index (Phi) is 42.3. The smallest absolute Gasteiger partial charge is 0.0873 e. The molecule has 0 aliphatic heterocycles. The van der Waals surface area contributed by atoms with Crippen molar-refractivity contribution in [3.8, 4) is 0 Å². The van der Waals surface area contributed by atoms with Gasteiger partial charge in [0.2, 0.25) is 0 Å². The van der Waals surface area contributed by atoms with Crippen LogP contribution in [0.3, 0.4) is 0 Å². The summed E-state index contributed by atoms with van der Waals surface area (Å²) in [6, 6.07) is 0. The van der Waals surface area contributed by atoms with E-state index in [0.717, 1.165) is 12.8 Å². The Morgan fingerprint density at radius 1 is 1.08 bits per heavy atom. The molecule has 2 nitrogen and oxygen atoms in total.